The molecule has 0 N–H and O–H groups in total. The fourth-order valence-corrected chi connectivity index (χ4v) is 2.24. The van der Waals surface area contributed by atoms with E-state index in [1.165, 1.54) is 0 Å². The van der Waals surface area contributed by atoms with Crippen LogP contribution in [0.15, 0.2) is 0 Å². The Bertz CT molecular complexity index is 139. The third-order valence-corrected chi connectivity index (χ3v) is 3.78. The molecular weight excluding hydrogens is 148 g/mol. The SMILES string of the molecule is CCC1O[C@H](C)C(C)[C@@H](C)[C@@H]1C. The molecule has 1 aliphatic rings. The van der Waals surface area contributed by atoms with Gasteiger partial charge in [-0.3, -0.25) is 0 Å². The highest BCUT2D eigenvalue weighted by atomic mass is 16.5. The average molecular weight is 170 g/mol. The first-order chi connectivity index (χ1) is 5.57. The minimum atomic E-state index is 0.446. The normalized spacial score (nSPS) is 49.2. The van der Waals surface area contributed by atoms with Gasteiger partial charge in [-0.25, -0.2) is 0 Å². The fourth-order valence-electron chi connectivity index (χ4n) is 2.24. The summed E-state index contributed by atoms with van der Waals surface area (Å²) in [6, 6.07) is 0. The van der Waals surface area contributed by atoms with Crippen LogP contribution in [0.25, 0.3) is 0 Å². The molecule has 0 bridgehead atoms. The van der Waals surface area contributed by atoms with Crippen molar-refractivity contribution < 1.29 is 4.74 Å². The summed E-state index contributed by atoms with van der Waals surface area (Å²) < 4.78 is 5.93. The second-order valence-corrected chi connectivity index (χ2v) is 4.37. The van der Waals surface area contributed by atoms with Gasteiger partial charge in [-0.15, -0.1) is 0 Å². The Morgan fingerprint density at radius 1 is 0.917 bits per heavy atom. The summed E-state index contributed by atoms with van der Waals surface area (Å²) in [5, 5.41) is 0. The van der Waals surface area contributed by atoms with Crippen LogP contribution in [0.3, 0.4) is 0 Å². The third-order valence-electron chi connectivity index (χ3n) is 3.78. The van der Waals surface area contributed by atoms with Gasteiger partial charge in [-0.2, -0.15) is 0 Å². The molecule has 0 aromatic carbocycles. The Balaban J connectivity index is 2.63. The van der Waals surface area contributed by atoms with Gasteiger partial charge in [0.2, 0.25) is 0 Å². The summed E-state index contributed by atoms with van der Waals surface area (Å²) in [6.07, 6.45) is 2.09. The van der Waals surface area contributed by atoms with Crippen molar-refractivity contribution in [2.75, 3.05) is 0 Å². The molecule has 1 saturated heterocycles. The molecule has 1 heterocycles. The van der Waals surface area contributed by atoms with E-state index in [1.54, 1.807) is 0 Å². The number of hydrogen-bond donors (Lipinski definition) is 0. The highest BCUT2D eigenvalue weighted by molar-refractivity contribution is 4.83. The lowest BCUT2D eigenvalue weighted by Crippen LogP contribution is -2.42. The lowest BCUT2D eigenvalue weighted by molar-refractivity contribution is -0.125. The maximum atomic E-state index is 5.93. The quantitative estimate of drug-likeness (QED) is 0.587. The van der Waals surface area contributed by atoms with Crippen molar-refractivity contribution >= 4 is 0 Å². The van der Waals surface area contributed by atoms with Crippen molar-refractivity contribution in [2.24, 2.45) is 17.8 Å². The maximum absolute atomic E-state index is 5.93. The van der Waals surface area contributed by atoms with E-state index in [-0.39, 0.29) is 0 Å². The second kappa shape index (κ2) is 3.78. The van der Waals surface area contributed by atoms with Gasteiger partial charge in [0.1, 0.15) is 0 Å². The lowest BCUT2D eigenvalue weighted by atomic mass is 9.76. The molecule has 1 heteroatoms. The molecule has 0 aromatic heterocycles. The van der Waals surface area contributed by atoms with E-state index < -0.39 is 0 Å². The highest BCUT2D eigenvalue weighted by Gasteiger charge is 2.35. The summed E-state index contributed by atoms with van der Waals surface area (Å²) in [6.45, 7) is 11.4. The first-order valence-electron chi connectivity index (χ1n) is 5.23. The Morgan fingerprint density at radius 2 is 1.50 bits per heavy atom. The Kier molecular flexibility index (Phi) is 3.16. The molecule has 0 saturated carbocycles. The van der Waals surface area contributed by atoms with E-state index in [0.29, 0.717) is 18.1 Å². The molecule has 0 radical (unpaired) electrons. The van der Waals surface area contributed by atoms with E-state index in [0.717, 1.165) is 18.3 Å². The predicted octanol–water partition coefficient (Wildman–Crippen LogP) is 3.09. The van der Waals surface area contributed by atoms with E-state index in [9.17, 15) is 0 Å². The molecule has 2 unspecified atom stereocenters. The zero-order valence-electron chi connectivity index (χ0n) is 9.00. The van der Waals surface area contributed by atoms with Crippen molar-refractivity contribution in [3.8, 4) is 0 Å². The molecule has 1 rings (SSSR count). The lowest BCUT2D eigenvalue weighted by Gasteiger charge is -2.42. The first-order valence-corrected chi connectivity index (χ1v) is 5.23. The van der Waals surface area contributed by atoms with Gasteiger partial charge in [0.05, 0.1) is 12.2 Å². The summed E-state index contributed by atoms with van der Waals surface area (Å²) in [5.41, 5.74) is 0. The molecule has 72 valence electrons. The van der Waals surface area contributed by atoms with Gasteiger partial charge in [-0.1, -0.05) is 27.7 Å². The minimum absolute atomic E-state index is 0.446. The third kappa shape index (κ3) is 1.66. The summed E-state index contributed by atoms with van der Waals surface area (Å²) in [5.74, 6) is 2.24. The van der Waals surface area contributed by atoms with E-state index in [4.69, 9.17) is 4.74 Å². The Morgan fingerprint density at radius 3 is 2.00 bits per heavy atom. The van der Waals surface area contributed by atoms with Crippen LogP contribution >= 0.6 is 0 Å². The smallest absolute Gasteiger partial charge is 0.0604 e. The van der Waals surface area contributed by atoms with Crippen LogP contribution in [0.5, 0.6) is 0 Å². The minimum Gasteiger partial charge on any atom is -0.375 e. The topological polar surface area (TPSA) is 9.23 Å². The zero-order valence-corrected chi connectivity index (χ0v) is 9.00. The largest absolute Gasteiger partial charge is 0.375 e. The highest BCUT2D eigenvalue weighted by Crippen LogP contribution is 2.35. The van der Waals surface area contributed by atoms with Gasteiger partial charge in [0.15, 0.2) is 0 Å². The molecule has 1 aliphatic heterocycles. The molecular formula is C11H22O. The summed E-state index contributed by atoms with van der Waals surface area (Å²) >= 11 is 0. The summed E-state index contributed by atoms with van der Waals surface area (Å²) in [7, 11) is 0. The monoisotopic (exact) mass is 170 g/mol. The first kappa shape index (κ1) is 10.0. The number of ether oxygens (including phenoxy) is 1. The maximum Gasteiger partial charge on any atom is 0.0604 e. The Hall–Kier alpha value is -0.0400. The molecule has 0 aromatic rings. The van der Waals surface area contributed by atoms with Crippen molar-refractivity contribution in [1.82, 2.24) is 0 Å². The van der Waals surface area contributed by atoms with Crippen LogP contribution in [0.4, 0.5) is 0 Å². The Labute approximate surface area is 76.5 Å². The fraction of sp³-hybridized carbons (Fsp3) is 1.00. The second-order valence-electron chi connectivity index (χ2n) is 4.37. The van der Waals surface area contributed by atoms with Gasteiger partial charge >= 0.3 is 0 Å². The molecule has 5 atom stereocenters. The molecule has 12 heavy (non-hydrogen) atoms. The molecule has 1 fully saturated rings. The van der Waals surface area contributed by atoms with E-state index >= 15 is 0 Å². The van der Waals surface area contributed by atoms with Gasteiger partial charge in [0.25, 0.3) is 0 Å². The van der Waals surface area contributed by atoms with Crippen LogP contribution in [0, 0.1) is 17.8 Å². The van der Waals surface area contributed by atoms with Crippen LogP contribution in [-0.2, 0) is 4.74 Å². The predicted molar refractivity (Wildman–Crippen MR) is 52.1 cm³/mol. The molecule has 0 amide bonds. The van der Waals surface area contributed by atoms with Crippen molar-refractivity contribution in [1.29, 1.82) is 0 Å². The van der Waals surface area contributed by atoms with Gasteiger partial charge in [-0.05, 0) is 31.1 Å². The molecule has 1 nitrogen and oxygen atoms in total. The standard InChI is InChI=1S/C11H22O/c1-6-11-9(4)7(2)8(3)10(5)12-11/h7-11H,6H2,1-5H3/t7-,8?,9+,10-,11?/m1/s1. The van der Waals surface area contributed by atoms with E-state index in [1.807, 2.05) is 0 Å². The van der Waals surface area contributed by atoms with Crippen LogP contribution in [-0.4, -0.2) is 12.2 Å². The van der Waals surface area contributed by atoms with Crippen LogP contribution in [0.2, 0.25) is 0 Å². The molecule has 0 aliphatic carbocycles. The zero-order chi connectivity index (χ0) is 9.30. The molecule has 0 spiro atoms. The van der Waals surface area contributed by atoms with Crippen molar-refractivity contribution in [3.05, 3.63) is 0 Å². The number of rotatable bonds is 1. The van der Waals surface area contributed by atoms with Gasteiger partial charge < -0.3 is 4.74 Å². The van der Waals surface area contributed by atoms with Crippen molar-refractivity contribution in [3.63, 3.8) is 0 Å². The average Bonchev–Trinajstić information content (AvgIpc) is 2.08. The number of hydrogen-bond acceptors (Lipinski definition) is 1. The van der Waals surface area contributed by atoms with Gasteiger partial charge in [0, 0.05) is 0 Å². The van der Waals surface area contributed by atoms with Crippen LogP contribution < -0.4 is 0 Å². The van der Waals surface area contributed by atoms with Crippen LogP contribution in [0.1, 0.15) is 41.0 Å². The van der Waals surface area contributed by atoms with Crippen molar-refractivity contribution in [2.45, 2.75) is 53.2 Å². The summed E-state index contributed by atoms with van der Waals surface area (Å²) in [4.78, 5) is 0. The van der Waals surface area contributed by atoms with E-state index in [2.05, 4.69) is 34.6 Å².